The smallest absolute Gasteiger partial charge is 0.184 e. The van der Waals surface area contributed by atoms with Gasteiger partial charge in [0, 0.05) is 39.2 Å². The summed E-state index contributed by atoms with van der Waals surface area (Å²) in [5.41, 5.74) is 4.54. The van der Waals surface area contributed by atoms with Crippen molar-refractivity contribution in [2.75, 3.05) is 0 Å². The van der Waals surface area contributed by atoms with E-state index >= 15 is 0 Å². The largest absolute Gasteiger partial charge is 0.457 e. The zero-order valence-corrected chi connectivity index (χ0v) is 26.7. The van der Waals surface area contributed by atoms with Crippen LogP contribution in [0.3, 0.4) is 0 Å². The third-order valence-corrected chi connectivity index (χ3v) is 14.9. The summed E-state index contributed by atoms with van der Waals surface area (Å²) < 4.78 is 9.55. The van der Waals surface area contributed by atoms with Crippen molar-refractivity contribution in [3.8, 4) is 0 Å². The summed E-state index contributed by atoms with van der Waals surface area (Å²) in [6, 6.07) is 57.7. The summed E-state index contributed by atoms with van der Waals surface area (Å²) in [6.45, 7) is 2.37. The highest BCUT2D eigenvalue weighted by Gasteiger charge is 2.44. The first-order valence-corrected chi connectivity index (χ1v) is 18.1. The van der Waals surface area contributed by atoms with Crippen LogP contribution in [-0.4, -0.2) is 12.6 Å². The number of furan rings is 1. The highest BCUT2D eigenvalue weighted by Crippen LogP contribution is 2.42. The Labute approximate surface area is 269 Å². The van der Waals surface area contributed by atoms with Gasteiger partial charge in [0.2, 0.25) is 0 Å². The minimum Gasteiger partial charge on any atom is -0.457 e. The third kappa shape index (κ3) is 3.82. The van der Waals surface area contributed by atoms with Gasteiger partial charge in [0.1, 0.15) is 11.3 Å². The van der Waals surface area contributed by atoms with Crippen molar-refractivity contribution in [3.05, 3.63) is 175 Å². The van der Waals surface area contributed by atoms with Crippen molar-refractivity contribution in [1.29, 1.82) is 0 Å². The molecule has 2 nitrogen and oxygen atoms in total. The highest BCUT2D eigenvalue weighted by atomic mass is 28.3. The second-order valence-electron chi connectivity index (χ2n) is 12.7. The van der Waals surface area contributed by atoms with Crippen LogP contribution in [0, 0.1) is 0 Å². The van der Waals surface area contributed by atoms with Gasteiger partial charge in [0.05, 0.1) is 5.54 Å². The molecule has 46 heavy (non-hydrogen) atoms. The predicted molar refractivity (Wildman–Crippen MR) is 196 cm³/mol. The van der Waals surface area contributed by atoms with Crippen molar-refractivity contribution in [2.24, 2.45) is 0 Å². The van der Waals surface area contributed by atoms with Crippen LogP contribution in [-0.2, 0) is 12.0 Å². The second kappa shape index (κ2) is 10.3. The molecule has 220 valence electrons. The van der Waals surface area contributed by atoms with Crippen molar-refractivity contribution in [1.82, 2.24) is 4.57 Å². The quantitative estimate of drug-likeness (QED) is 0.144. The fourth-order valence-corrected chi connectivity index (χ4v) is 13.0. The molecule has 0 fully saturated rings. The summed E-state index contributed by atoms with van der Waals surface area (Å²) in [5, 5.41) is 9.13. The van der Waals surface area contributed by atoms with Crippen LogP contribution in [0.15, 0.2) is 168 Å². The topological polar surface area (TPSA) is 18.1 Å². The van der Waals surface area contributed by atoms with Crippen LogP contribution < -0.4 is 20.7 Å². The van der Waals surface area contributed by atoms with Gasteiger partial charge in [-0.1, -0.05) is 152 Å². The number of fused-ring (bicyclic) bond motifs is 6. The number of nitrogens with zero attached hydrogens (tertiary/aromatic N) is 1. The molecular formula is C43H33NOSi. The summed E-state index contributed by atoms with van der Waals surface area (Å²) in [5.74, 6) is 0.970. The van der Waals surface area contributed by atoms with E-state index < -0.39 is 8.07 Å². The Morgan fingerprint density at radius 2 is 1.02 bits per heavy atom. The normalized spacial score (nSPS) is 16.3. The van der Waals surface area contributed by atoms with Crippen LogP contribution in [0.2, 0.25) is 0 Å². The molecule has 3 heteroatoms. The minimum atomic E-state index is -2.76. The molecule has 6 aromatic carbocycles. The van der Waals surface area contributed by atoms with Gasteiger partial charge in [0.15, 0.2) is 8.07 Å². The molecule has 0 radical (unpaired) electrons. The Morgan fingerprint density at radius 1 is 0.543 bits per heavy atom. The number of allylic oxidation sites excluding steroid dienone is 1. The maximum absolute atomic E-state index is 7.02. The van der Waals surface area contributed by atoms with E-state index in [0.717, 1.165) is 17.8 Å². The first-order valence-electron chi connectivity index (χ1n) is 16.1. The molecule has 9 rings (SSSR count). The lowest BCUT2D eigenvalue weighted by atomic mass is 9.86. The van der Waals surface area contributed by atoms with E-state index in [9.17, 15) is 0 Å². The van der Waals surface area contributed by atoms with Crippen LogP contribution in [0.5, 0.6) is 0 Å². The van der Waals surface area contributed by atoms with Crippen molar-refractivity contribution in [3.63, 3.8) is 0 Å². The number of benzene rings is 6. The molecule has 2 heterocycles. The lowest BCUT2D eigenvalue weighted by Gasteiger charge is -2.34. The van der Waals surface area contributed by atoms with Crippen molar-refractivity contribution in [2.45, 2.75) is 18.9 Å². The van der Waals surface area contributed by atoms with Crippen LogP contribution in [0.1, 0.15) is 18.2 Å². The third-order valence-electron chi connectivity index (χ3n) is 10.1. The van der Waals surface area contributed by atoms with Gasteiger partial charge in [-0.05, 0) is 45.9 Å². The van der Waals surface area contributed by atoms with Gasteiger partial charge in [-0.3, -0.25) is 0 Å². The van der Waals surface area contributed by atoms with Crippen LogP contribution in [0.25, 0.3) is 38.9 Å². The maximum atomic E-state index is 7.02. The molecule has 0 N–H and O–H groups in total. The Morgan fingerprint density at radius 3 is 1.57 bits per heavy atom. The molecule has 0 spiro atoms. The zero-order valence-electron chi connectivity index (χ0n) is 25.7. The fourth-order valence-electron chi connectivity index (χ4n) is 8.13. The molecule has 0 aliphatic heterocycles. The number of hydrogen-bond donors (Lipinski definition) is 0. The number of para-hydroxylation sites is 3. The predicted octanol–water partition coefficient (Wildman–Crippen LogP) is 7.90. The molecule has 0 saturated carbocycles. The zero-order chi connectivity index (χ0) is 30.7. The van der Waals surface area contributed by atoms with Crippen LogP contribution >= 0.6 is 0 Å². The van der Waals surface area contributed by atoms with Crippen molar-refractivity contribution >= 4 is 67.7 Å². The number of hydrogen-bond acceptors (Lipinski definition) is 1. The molecule has 0 bridgehead atoms. The Hall–Kier alpha value is -5.38. The lowest BCUT2D eigenvalue weighted by molar-refractivity contribution is 0.425. The van der Waals surface area contributed by atoms with E-state index in [-0.39, 0.29) is 5.54 Å². The number of rotatable bonds is 5. The van der Waals surface area contributed by atoms with Gasteiger partial charge in [-0.2, -0.15) is 0 Å². The minimum absolute atomic E-state index is 0.269. The summed E-state index contributed by atoms with van der Waals surface area (Å²) >= 11 is 0. The van der Waals surface area contributed by atoms with Crippen LogP contribution in [0.4, 0.5) is 0 Å². The average molecular weight is 608 g/mol. The average Bonchev–Trinajstić information content (AvgIpc) is 3.66. The van der Waals surface area contributed by atoms with Gasteiger partial charge < -0.3 is 8.98 Å². The van der Waals surface area contributed by atoms with Gasteiger partial charge >= 0.3 is 0 Å². The fraction of sp³-hybridized carbons (Fsp3) is 0.0698. The molecule has 1 unspecified atom stereocenters. The molecule has 1 aliphatic rings. The molecule has 0 amide bonds. The van der Waals surface area contributed by atoms with E-state index in [4.69, 9.17) is 4.42 Å². The molecule has 1 aliphatic carbocycles. The van der Waals surface area contributed by atoms with E-state index in [1.54, 1.807) is 0 Å². The monoisotopic (exact) mass is 607 g/mol. The van der Waals surface area contributed by atoms with E-state index in [1.807, 2.05) is 0 Å². The second-order valence-corrected chi connectivity index (χ2v) is 16.5. The summed E-state index contributed by atoms with van der Waals surface area (Å²) in [4.78, 5) is 0. The lowest BCUT2D eigenvalue weighted by Crippen LogP contribution is -2.74. The SMILES string of the molecule is CC1(n2c3ccccc3c3ccccc32)C=Cc2oc3c([Si](c4ccccc4)(c4ccccc4)c4ccccc4)cccc3c2C1. The Kier molecular flexibility index (Phi) is 6.06. The standard InChI is InChI=1S/C43H33NOSi/c1-43(44-38-25-13-11-22-34(38)35-23-12-14-26-39(35)44)29-28-40-37(30-43)36-24-15-27-41(42(36)45-40)46(31-16-5-2-6-17-31,32-18-7-3-8-19-32)33-20-9-4-10-21-33/h2-29H,30H2,1H3. The van der Waals surface area contributed by atoms with E-state index in [0.29, 0.717) is 0 Å². The van der Waals surface area contributed by atoms with E-state index in [1.165, 1.54) is 53.5 Å². The van der Waals surface area contributed by atoms with E-state index in [2.05, 4.69) is 181 Å². The first kappa shape index (κ1) is 27.0. The summed E-state index contributed by atoms with van der Waals surface area (Å²) in [7, 11) is -2.76. The Bertz CT molecular complexity index is 2250. The molecule has 0 saturated heterocycles. The number of aromatic nitrogens is 1. The molecular weight excluding hydrogens is 575 g/mol. The molecule has 8 aromatic rings. The van der Waals surface area contributed by atoms with Gasteiger partial charge in [-0.15, -0.1) is 0 Å². The Balaban J connectivity index is 1.30. The van der Waals surface area contributed by atoms with Crippen molar-refractivity contribution < 1.29 is 4.42 Å². The van der Waals surface area contributed by atoms with Gasteiger partial charge in [0.25, 0.3) is 0 Å². The first-order chi connectivity index (χ1) is 22.7. The maximum Gasteiger partial charge on any atom is 0.184 e. The van der Waals surface area contributed by atoms with Gasteiger partial charge in [-0.25, -0.2) is 0 Å². The molecule has 2 aromatic heterocycles. The summed E-state index contributed by atoms with van der Waals surface area (Å²) in [6.07, 6.45) is 5.42. The molecule has 1 atom stereocenters. The highest BCUT2D eigenvalue weighted by molar-refractivity contribution is 7.20.